The molecule has 0 saturated carbocycles. The minimum atomic E-state index is -0.410. The largest absolute Gasteiger partial charge is 0.494 e. The molecule has 3 N–H and O–H groups in total. The van der Waals surface area contributed by atoms with Crippen LogP contribution in [0.25, 0.3) is 5.70 Å². The second-order valence-electron chi connectivity index (χ2n) is 10.4. The molecule has 0 aliphatic carbocycles. The second kappa shape index (κ2) is 13.3. The number of amides is 1. The summed E-state index contributed by atoms with van der Waals surface area (Å²) in [5.74, 6) is 0.993. The monoisotopic (exact) mass is 538 g/mol. The number of benzene rings is 3. The van der Waals surface area contributed by atoms with Gasteiger partial charge in [0.1, 0.15) is 5.75 Å². The Hall–Kier alpha value is -4.06. The first-order valence-electron chi connectivity index (χ1n) is 14.3. The third-order valence-electron chi connectivity index (χ3n) is 7.88. The third kappa shape index (κ3) is 6.92. The smallest absolute Gasteiger partial charge is 0.232 e. The maximum Gasteiger partial charge on any atom is 0.232 e. The molecule has 0 spiro atoms. The number of rotatable bonds is 13. The number of aliphatic imine (C=N–C) groups is 1. The first-order chi connectivity index (χ1) is 19.4. The highest BCUT2D eigenvalue weighted by Crippen LogP contribution is 2.32. The van der Waals surface area contributed by atoms with E-state index in [1.54, 1.807) is 4.90 Å². The molecule has 0 bridgehead atoms. The van der Waals surface area contributed by atoms with Crippen molar-refractivity contribution in [3.05, 3.63) is 108 Å². The molecule has 3 aromatic rings. The Balaban J connectivity index is 1.57. The van der Waals surface area contributed by atoms with Gasteiger partial charge in [0.15, 0.2) is 5.96 Å². The van der Waals surface area contributed by atoms with Crippen molar-refractivity contribution in [3.8, 4) is 5.75 Å². The molecule has 6 nitrogen and oxygen atoms in total. The quantitative estimate of drug-likeness (QED) is 0.256. The van der Waals surface area contributed by atoms with Crippen molar-refractivity contribution < 1.29 is 9.53 Å². The van der Waals surface area contributed by atoms with Gasteiger partial charge >= 0.3 is 0 Å². The van der Waals surface area contributed by atoms with Gasteiger partial charge in [-0.25, -0.2) is 4.99 Å². The van der Waals surface area contributed by atoms with Crippen LogP contribution in [-0.4, -0.2) is 28.9 Å². The average Bonchev–Trinajstić information content (AvgIpc) is 2.98. The highest BCUT2D eigenvalue weighted by Gasteiger charge is 2.37. The Morgan fingerprint density at radius 3 is 2.35 bits per heavy atom. The topological polar surface area (TPSA) is 80.0 Å². The number of ether oxygens (including phenoxy) is 1. The molecule has 6 heteroatoms. The van der Waals surface area contributed by atoms with Crippen LogP contribution in [0.2, 0.25) is 0 Å². The van der Waals surface area contributed by atoms with Gasteiger partial charge in [-0.2, -0.15) is 0 Å². The fraction of sp³-hybridized carbons (Fsp3) is 0.353. The summed E-state index contributed by atoms with van der Waals surface area (Å²) >= 11 is 0. The van der Waals surface area contributed by atoms with Gasteiger partial charge in [0, 0.05) is 11.3 Å². The van der Waals surface area contributed by atoms with Crippen LogP contribution in [0.5, 0.6) is 5.75 Å². The summed E-state index contributed by atoms with van der Waals surface area (Å²) in [5, 5.41) is 3.68. The SMILES string of the molecule is C=C(NC(CCc1ccccc1)c1ccccc1)c1ccc(OCC)c(CN2C(=O)CC(CC)(CC)N=C2N)c1. The Bertz CT molecular complexity index is 1320. The molecule has 210 valence electrons. The van der Waals surface area contributed by atoms with Crippen molar-refractivity contribution in [2.75, 3.05) is 6.61 Å². The number of nitrogens with zero attached hydrogens (tertiary/aromatic N) is 2. The van der Waals surface area contributed by atoms with Gasteiger partial charge < -0.3 is 15.8 Å². The number of hydrogen-bond donors (Lipinski definition) is 2. The number of carbonyl (C=O) groups is 1. The van der Waals surface area contributed by atoms with Crippen LogP contribution in [-0.2, 0) is 17.8 Å². The number of hydrogen-bond acceptors (Lipinski definition) is 5. The van der Waals surface area contributed by atoms with Crippen molar-refractivity contribution in [1.29, 1.82) is 0 Å². The summed E-state index contributed by atoms with van der Waals surface area (Å²) < 4.78 is 5.94. The first-order valence-corrected chi connectivity index (χ1v) is 14.3. The summed E-state index contributed by atoms with van der Waals surface area (Å²) in [6.07, 6.45) is 3.78. The number of aryl methyl sites for hydroxylation is 1. The van der Waals surface area contributed by atoms with Crippen LogP contribution in [0.4, 0.5) is 0 Å². The molecule has 40 heavy (non-hydrogen) atoms. The predicted octanol–water partition coefficient (Wildman–Crippen LogP) is 6.63. The van der Waals surface area contributed by atoms with E-state index >= 15 is 0 Å². The summed E-state index contributed by atoms with van der Waals surface area (Å²) in [4.78, 5) is 19.6. The predicted molar refractivity (Wildman–Crippen MR) is 164 cm³/mol. The lowest BCUT2D eigenvalue weighted by atomic mass is 9.88. The van der Waals surface area contributed by atoms with Crippen molar-refractivity contribution in [2.24, 2.45) is 10.7 Å². The number of nitrogens with one attached hydrogen (secondary N) is 1. The van der Waals surface area contributed by atoms with Crippen LogP contribution in [0, 0.1) is 0 Å². The van der Waals surface area contributed by atoms with Gasteiger partial charge in [0.05, 0.1) is 31.2 Å². The van der Waals surface area contributed by atoms with Crippen LogP contribution in [0.15, 0.2) is 90.4 Å². The van der Waals surface area contributed by atoms with Crippen molar-refractivity contribution in [2.45, 2.75) is 71.0 Å². The second-order valence-corrected chi connectivity index (χ2v) is 10.4. The number of nitrogens with two attached hydrogens (primary N) is 1. The van der Waals surface area contributed by atoms with Gasteiger partial charge in [-0.3, -0.25) is 9.69 Å². The standard InChI is InChI=1S/C34H42N4O2/c1-5-34(6-2)23-32(39)38(33(35)37-34)24-29-22-28(19-21-31(29)40-7-3)25(4)36-30(27-16-12-9-13-17-27)20-18-26-14-10-8-11-15-26/h8-17,19,21-22,30,36H,4-7,18,20,23-24H2,1-3H3,(H2,35,37). The Morgan fingerprint density at radius 2 is 1.73 bits per heavy atom. The first kappa shape index (κ1) is 28.9. The van der Waals surface area contributed by atoms with E-state index in [1.807, 2.05) is 37.3 Å². The minimum absolute atomic E-state index is 0.00828. The van der Waals surface area contributed by atoms with Crippen LogP contribution in [0.1, 0.15) is 74.8 Å². The fourth-order valence-electron chi connectivity index (χ4n) is 5.29. The molecular weight excluding hydrogens is 496 g/mol. The number of guanidine groups is 1. The maximum atomic E-state index is 13.2. The zero-order valence-electron chi connectivity index (χ0n) is 24.0. The Labute approximate surface area is 239 Å². The lowest BCUT2D eigenvalue weighted by Crippen LogP contribution is -2.50. The molecule has 0 radical (unpaired) electrons. The highest BCUT2D eigenvalue weighted by molar-refractivity contribution is 5.99. The third-order valence-corrected chi connectivity index (χ3v) is 7.88. The molecule has 3 aromatic carbocycles. The molecule has 1 amide bonds. The lowest BCUT2D eigenvalue weighted by molar-refractivity contribution is -0.130. The maximum absolute atomic E-state index is 13.2. The molecule has 1 unspecified atom stereocenters. The zero-order valence-corrected chi connectivity index (χ0v) is 24.0. The molecule has 0 saturated heterocycles. The summed E-state index contributed by atoms with van der Waals surface area (Å²) in [6, 6.07) is 27.1. The van der Waals surface area contributed by atoms with E-state index in [9.17, 15) is 4.79 Å². The van der Waals surface area contributed by atoms with Gasteiger partial charge in [-0.15, -0.1) is 0 Å². The van der Waals surface area contributed by atoms with Gasteiger partial charge in [0.25, 0.3) is 0 Å². The molecule has 0 fully saturated rings. The van der Waals surface area contributed by atoms with Crippen molar-refractivity contribution in [3.63, 3.8) is 0 Å². The van der Waals surface area contributed by atoms with E-state index in [2.05, 4.69) is 74.3 Å². The average molecular weight is 539 g/mol. The molecule has 1 atom stereocenters. The van der Waals surface area contributed by atoms with Crippen molar-refractivity contribution >= 4 is 17.6 Å². The summed E-state index contributed by atoms with van der Waals surface area (Å²) in [6.45, 7) is 11.3. The van der Waals surface area contributed by atoms with Gasteiger partial charge in [0.2, 0.25) is 5.91 Å². The normalized spacial score (nSPS) is 15.3. The van der Waals surface area contributed by atoms with E-state index in [1.165, 1.54) is 11.1 Å². The van der Waals surface area contributed by atoms with Gasteiger partial charge in [-0.1, -0.05) is 81.1 Å². The lowest BCUT2D eigenvalue weighted by Gasteiger charge is -2.36. The molecule has 1 aliphatic heterocycles. The summed E-state index contributed by atoms with van der Waals surface area (Å²) in [5.41, 5.74) is 11.1. The van der Waals surface area contributed by atoms with Crippen molar-refractivity contribution in [1.82, 2.24) is 10.2 Å². The minimum Gasteiger partial charge on any atom is -0.494 e. The molecule has 1 heterocycles. The van der Waals surface area contributed by atoms with Crippen LogP contribution in [0.3, 0.4) is 0 Å². The van der Waals surface area contributed by atoms with E-state index in [4.69, 9.17) is 15.5 Å². The molecule has 0 aromatic heterocycles. The summed E-state index contributed by atoms with van der Waals surface area (Å²) in [7, 11) is 0. The van der Waals surface area contributed by atoms with Crippen LogP contribution < -0.4 is 15.8 Å². The van der Waals surface area contributed by atoms with Crippen LogP contribution >= 0.6 is 0 Å². The van der Waals surface area contributed by atoms with E-state index in [0.29, 0.717) is 19.6 Å². The highest BCUT2D eigenvalue weighted by atomic mass is 16.5. The Kier molecular flexibility index (Phi) is 9.65. The number of carbonyl (C=O) groups excluding carboxylic acids is 1. The van der Waals surface area contributed by atoms with Gasteiger partial charge in [-0.05, 0) is 67.5 Å². The van der Waals surface area contributed by atoms with E-state index in [0.717, 1.165) is 48.3 Å². The van der Waals surface area contributed by atoms with E-state index in [-0.39, 0.29) is 17.9 Å². The zero-order chi connectivity index (χ0) is 28.5. The Morgan fingerprint density at radius 1 is 1.05 bits per heavy atom. The molecule has 1 aliphatic rings. The molecular formula is C34H42N4O2. The molecule has 4 rings (SSSR count). The van der Waals surface area contributed by atoms with E-state index < -0.39 is 5.54 Å². The fourth-order valence-corrected chi connectivity index (χ4v) is 5.29.